The number of hydrogen-bond acceptors (Lipinski definition) is 3. The van der Waals surface area contributed by atoms with Crippen molar-refractivity contribution in [3.63, 3.8) is 0 Å². The lowest BCUT2D eigenvalue weighted by Gasteiger charge is -2.35. The number of aryl methyl sites for hydroxylation is 2. The van der Waals surface area contributed by atoms with Crippen molar-refractivity contribution in [2.24, 2.45) is 0 Å². The van der Waals surface area contributed by atoms with E-state index in [4.69, 9.17) is 4.74 Å². The van der Waals surface area contributed by atoms with Gasteiger partial charge in [0.05, 0.1) is 13.0 Å². The molecule has 1 fully saturated rings. The molecule has 0 atom stereocenters. The number of carbonyl (C=O) groups excluding carboxylic acids is 2. The summed E-state index contributed by atoms with van der Waals surface area (Å²) in [6.45, 7) is 6.24. The molecule has 0 radical (unpaired) electrons. The summed E-state index contributed by atoms with van der Waals surface area (Å²) in [5.41, 5.74) is 4.71. The second-order valence-electron chi connectivity index (χ2n) is 8.05. The van der Waals surface area contributed by atoms with Crippen LogP contribution < -0.4 is 5.32 Å². The number of carbonyl (C=O) groups is 2. The van der Waals surface area contributed by atoms with Crippen molar-refractivity contribution in [2.75, 3.05) is 6.61 Å². The first kappa shape index (κ1) is 21.1. The standard InChI is InChI=1S/C25H31NO3/c1-4-29-24(28)25(13-9-6-10-14-25)26-23(27)17-21-15-19(3)22(16-18(21)2)20-11-7-5-8-12-20/h5,7-8,11-12,15-16H,4,6,9-10,13-14,17H2,1-3H3,(H,26,27). The largest absolute Gasteiger partial charge is 0.464 e. The molecule has 29 heavy (non-hydrogen) atoms. The quantitative estimate of drug-likeness (QED) is 0.711. The fraction of sp³-hybridized carbons (Fsp3) is 0.440. The Morgan fingerprint density at radius 2 is 1.69 bits per heavy atom. The lowest BCUT2D eigenvalue weighted by Crippen LogP contribution is -2.56. The van der Waals surface area contributed by atoms with Crippen LogP contribution in [-0.4, -0.2) is 24.0 Å². The maximum atomic E-state index is 12.9. The molecule has 1 N–H and O–H groups in total. The summed E-state index contributed by atoms with van der Waals surface area (Å²) in [5, 5.41) is 3.04. The molecule has 1 saturated carbocycles. The van der Waals surface area contributed by atoms with E-state index in [1.54, 1.807) is 6.92 Å². The first-order valence-electron chi connectivity index (χ1n) is 10.6. The molecule has 154 valence electrons. The second-order valence-corrected chi connectivity index (χ2v) is 8.05. The van der Waals surface area contributed by atoms with Crippen molar-refractivity contribution in [3.8, 4) is 11.1 Å². The molecule has 0 bridgehead atoms. The highest BCUT2D eigenvalue weighted by Crippen LogP contribution is 2.30. The first-order valence-corrected chi connectivity index (χ1v) is 10.6. The van der Waals surface area contributed by atoms with Crippen molar-refractivity contribution >= 4 is 11.9 Å². The molecular formula is C25H31NO3. The third-order valence-corrected chi connectivity index (χ3v) is 5.87. The maximum absolute atomic E-state index is 12.9. The SMILES string of the molecule is CCOC(=O)C1(NC(=O)Cc2cc(C)c(-c3ccccc3)cc2C)CCCCC1. The predicted molar refractivity (Wildman–Crippen MR) is 116 cm³/mol. The molecule has 2 aromatic rings. The average Bonchev–Trinajstić information content (AvgIpc) is 2.72. The molecule has 3 rings (SSSR count). The number of amides is 1. The van der Waals surface area contributed by atoms with Crippen LogP contribution in [0.5, 0.6) is 0 Å². The second kappa shape index (κ2) is 9.25. The fourth-order valence-electron chi connectivity index (χ4n) is 4.28. The summed E-state index contributed by atoms with van der Waals surface area (Å²) in [7, 11) is 0. The molecule has 2 aromatic carbocycles. The van der Waals surface area contributed by atoms with Gasteiger partial charge in [-0.05, 0) is 61.4 Å². The maximum Gasteiger partial charge on any atom is 0.331 e. The summed E-state index contributed by atoms with van der Waals surface area (Å²) in [6.07, 6.45) is 4.54. The van der Waals surface area contributed by atoms with Crippen LogP contribution in [0.25, 0.3) is 11.1 Å². The van der Waals surface area contributed by atoms with Crippen LogP contribution in [0.15, 0.2) is 42.5 Å². The molecule has 0 heterocycles. The monoisotopic (exact) mass is 393 g/mol. The Balaban J connectivity index is 1.77. The molecule has 4 heteroatoms. The third-order valence-electron chi connectivity index (χ3n) is 5.87. The van der Waals surface area contributed by atoms with Gasteiger partial charge in [-0.1, -0.05) is 61.7 Å². The van der Waals surface area contributed by atoms with Crippen LogP contribution in [0, 0.1) is 13.8 Å². The van der Waals surface area contributed by atoms with Gasteiger partial charge in [-0.2, -0.15) is 0 Å². The Morgan fingerprint density at radius 1 is 1.00 bits per heavy atom. The number of nitrogens with one attached hydrogen (secondary N) is 1. The minimum absolute atomic E-state index is 0.116. The van der Waals surface area contributed by atoms with E-state index in [-0.39, 0.29) is 18.3 Å². The van der Waals surface area contributed by atoms with Gasteiger partial charge in [0.15, 0.2) is 0 Å². The van der Waals surface area contributed by atoms with Crippen molar-refractivity contribution < 1.29 is 14.3 Å². The van der Waals surface area contributed by atoms with Gasteiger partial charge >= 0.3 is 5.97 Å². The van der Waals surface area contributed by atoms with Gasteiger partial charge in [-0.3, -0.25) is 4.79 Å². The van der Waals surface area contributed by atoms with Gasteiger partial charge < -0.3 is 10.1 Å². The van der Waals surface area contributed by atoms with Crippen LogP contribution in [0.1, 0.15) is 55.7 Å². The highest BCUT2D eigenvalue weighted by Gasteiger charge is 2.42. The number of rotatable bonds is 6. The van der Waals surface area contributed by atoms with E-state index in [1.165, 1.54) is 11.1 Å². The van der Waals surface area contributed by atoms with E-state index in [2.05, 4.69) is 36.5 Å². The zero-order valence-electron chi connectivity index (χ0n) is 17.7. The van der Waals surface area contributed by atoms with Gasteiger partial charge in [-0.25, -0.2) is 4.79 Å². The summed E-state index contributed by atoms with van der Waals surface area (Å²) < 4.78 is 5.29. The minimum Gasteiger partial charge on any atom is -0.464 e. The highest BCUT2D eigenvalue weighted by molar-refractivity contribution is 5.89. The Labute approximate surface area is 173 Å². The minimum atomic E-state index is -0.863. The summed E-state index contributed by atoms with van der Waals surface area (Å²) in [5.74, 6) is -0.407. The van der Waals surface area contributed by atoms with Crippen LogP contribution >= 0.6 is 0 Å². The van der Waals surface area contributed by atoms with Crippen molar-refractivity contribution in [1.82, 2.24) is 5.32 Å². The van der Waals surface area contributed by atoms with Gasteiger partial charge in [-0.15, -0.1) is 0 Å². The van der Waals surface area contributed by atoms with Crippen molar-refractivity contribution in [3.05, 3.63) is 59.2 Å². The van der Waals surface area contributed by atoms with Gasteiger partial charge in [0.25, 0.3) is 0 Å². The van der Waals surface area contributed by atoms with Crippen molar-refractivity contribution in [2.45, 2.75) is 64.8 Å². The van der Waals surface area contributed by atoms with E-state index in [9.17, 15) is 9.59 Å². The average molecular weight is 394 g/mol. The molecule has 0 saturated heterocycles. The van der Waals surface area contributed by atoms with Gasteiger partial charge in [0, 0.05) is 0 Å². The molecule has 0 unspecified atom stereocenters. The molecule has 1 amide bonds. The third kappa shape index (κ3) is 4.87. The Hall–Kier alpha value is -2.62. The van der Waals surface area contributed by atoms with E-state index < -0.39 is 5.54 Å². The fourth-order valence-corrected chi connectivity index (χ4v) is 4.28. The van der Waals surface area contributed by atoms with Crippen LogP contribution in [0.4, 0.5) is 0 Å². The molecule has 4 nitrogen and oxygen atoms in total. The van der Waals surface area contributed by atoms with Crippen LogP contribution in [0.2, 0.25) is 0 Å². The van der Waals surface area contributed by atoms with Crippen LogP contribution in [0.3, 0.4) is 0 Å². The predicted octanol–water partition coefficient (Wildman–Crippen LogP) is 4.90. The summed E-state index contributed by atoms with van der Waals surface area (Å²) >= 11 is 0. The zero-order valence-corrected chi connectivity index (χ0v) is 17.7. The molecule has 0 aromatic heterocycles. The highest BCUT2D eigenvalue weighted by atomic mass is 16.5. The summed E-state index contributed by atoms with van der Waals surface area (Å²) in [4.78, 5) is 25.5. The Kier molecular flexibility index (Phi) is 6.73. The van der Waals surface area contributed by atoms with E-state index in [1.807, 2.05) is 25.1 Å². The summed E-state index contributed by atoms with van der Waals surface area (Å²) in [6, 6.07) is 14.5. The van der Waals surface area contributed by atoms with Crippen molar-refractivity contribution in [1.29, 1.82) is 0 Å². The molecule has 0 aliphatic heterocycles. The van der Waals surface area contributed by atoms with Gasteiger partial charge in [0.2, 0.25) is 5.91 Å². The number of hydrogen-bond donors (Lipinski definition) is 1. The van der Waals surface area contributed by atoms with E-state index in [0.717, 1.165) is 36.0 Å². The lowest BCUT2D eigenvalue weighted by molar-refractivity contribution is -0.155. The Bertz CT molecular complexity index is 867. The first-order chi connectivity index (χ1) is 13.9. The molecule has 0 spiro atoms. The Morgan fingerprint density at radius 3 is 2.34 bits per heavy atom. The molecular weight excluding hydrogens is 362 g/mol. The van der Waals surface area contributed by atoms with E-state index >= 15 is 0 Å². The topological polar surface area (TPSA) is 55.4 Å². The van der Waals surface area contributed by atoms with Crippen LogP contribution in [-0.2, 0) is 20.7 Å². The smallest absolute Gasteiger partial charge is 0.331 e. The van der Waals surface area contributed by atoms with E-state index in [0.29, 0.717) is 19.4 Å². The molecule has 1 aliphatic rings. The normalized spacial score (nSPS) is 15.6. The lowest BCUT2D eigenvalue weighted by atomic mass is 9.81. The van der Waals surface area contributed by atoms with Gasteiger partial charge in [0.1, 0.15) is 5.54 Å². The number of ether oxygens (including phenoxy) is 1. The number of benzene rings is 2. The number of esters is 1. The zero-order chi connectivity index (χ0) is 20.9. The molecule has 1 aliphatic carbocycles.